The van der Waals surface area contributed by atoms with Gasteiger partial charge >= 0.3 is 12.4 Å². The van der Waals surface area contributed by atoms with Crippen LogP contribution in [0, 0.1) is 10.1 Å². The molecule has 0 saturated heterocycles. The van der Waals surface area contributed by atoms with Crippen molar-refractivity contribution in [2.75, 3.05) is 18.9 Å². The standard InChI is InChI=1S/C18H14ClF6N3O3/c1-27(8-10-4-14(28(30)31)2-3-15(10)19)9-16(29)26-13-6-11(17(20,21)22)5-12(7-13)18(23,24)25/h2-7H,8-9H2,1H3,(H,26,29). The second kappa shape index (κ2) is 9.10. The van der Waals surface area contributed by atoms with Gasteiger partial charge in [0.05, 0.1) is 22.6 Å². The molecule has 13 heteroatoms. The Balaban J connectivity index is 2.15. The van der Waals surface area contributed by atoms with Crippen LogP contribution in [0.5, 0.6) is 0 Å². The van der Waals surface area contributed by atoms with E-state index in [-0.39, 0.29) is 23.3 Å². The molecular weight excluding hydrogens is 456 g/mol. The Bertz CT molecular complexity index is 962. The molecule has 168 valence electrons. The molecule has 2 rings (SSSR count). The topological polar surface area (TPSA) is 75.5 Å². The molecule has 0 saturated carbocycles. The number of hydrogen-bond acceptors (Lipinski definition) is 4. The Kier molecular flexibility index (Phi) is 7.17. The highest BCUT2D eigenvalue weighted by atomic mass is 35.5. The summed E-state index contributed by atoms with van der Waals surface area (Å²) in [5, 5.41) is 13.0. The van der Waals surface area contributed by atoms with Gasteiger partial charge in [0.1, 0.15) is 0 Å². The van der Waals surface area contributed by atoms with Gasteiger partial charge in [0.25, 0.3) is 5.69 Å². The monoisotopic (exact) mass is 469 g/mol. The molecule has 0 heterocycles. The van der Waals surface area contributed by atoms with Crippen LogP contribution >= 0.6 is 11.6 Å². The Labute approximate surface area is 176 Å². The summed E-state index contributed by atoms with van der Waals surface area (Å²) in [4.78, 5) is 23.7. The first-order valence-electron chi connectivity index (χ1n) is 8.37. The molecule has 0 aliphatic heterocycles. The summed E-state index contributed by atoms with van der Waals surface area (Å²) in [5.41, 5.74) is -3.72. The van der Waals surface area contributed by atoms with Crippen molar-refractivity contribution in [2.45, 2.75) is 18.9 Å². The Morgan fingerprint density at radius 3 is 2.10 bits per heavy atom. The van der Waals surface area contributed by atoms with Gasteiger partial charge < -0.3 is 5.32 Å². The third-order valence-electron chi connectivity index (χ3n) is 3.97. The first-order valence-corrected chi connectivity index (χ1v) is 8.75. The normalized spacial score (nSPS) is 12.2. The van der Waals surface area contributed by atoms with Crippen molar-refractivity contribution < 1.29 is 36.1 Å². The number of amides is 1. The summed E-state index contributed by atoms with van der Waals surface area (Å²) in [5.74, 6) is -0.892. The first-order chi connectivity index (χ1) is 14.2. The number of nitro benzene ring substituents is 1. The van der Waals surface area contributed by atoms with Gasteiger partial charge in [-0.05, 0) is 36.9 Å². The Morgan fingerprint density at radius 1 is 1.06 bits per heavy atom. The molecule has 0 bridgehead atoms. The maximum absolute atomic E-state index is 12.9. The molecule has 0 fully saturated rings. The number of carbonyl (C=O) groups is 1. The minimum absolute atomic E-state index is 0.0374. The van der Waals surface area contributed by atoms with Crippen LogP contribution in [0.1, 0.15) is 16.7 Å². The molecular formula is C18H14ClF6N3O3. The minimum Gasteiger partial charge on any atom is -0.325 e. The number of nitro groups is 1. The van der Waals surface area contributed by atoms with Gasteiger partial charge in [0, 0.05) is 29.4 Å². The van der Waals surface area contributed by atoms with Gasteiger partial charge in [-0.1, -0.05) is 11.6 Å². The van der Waals surface area contributed by atoms with Crippen molar-refractivity contribution in [1.82, 2.24) is 4.90 Å². The molecule has 0 aliphatic carbocycles. The van der Waals surface area contributed by atoms with E-state index in [0.29, 0.717) is 17.7 Å². The van der Waals surface area contributed by atoms with E-state index in [4.69, 9.17) is 11.6 Å². The zero-order valence-electron chi connectivity index (χ0n) is 15.6. The van der Waals surface area contributed by atoms with Crippen molar-refractivity contribution in [1.29, 1.82) is 0 Å². The van der Waals surface area contributed by atoms with E-state index in [0.717, 1.165) is 0 Å². The lowest BCUT2D eigenvalue weighted by molar-refractivity contribution is -0.384. The SMILES string of the molecule is CN(CC(=O)Nc1cc(C(F)(F)F)cc(C(F)(F)F)c1)Cc1cc([N+](=O)[O-])ccc1Cl. The van der Waals surface area contributed by atoms with Crippen LogP contribution in [0.2, 0.25) is 5.02 Å². The lowest BCUT2D eigenvalue weighted by atomic mass is 10.1. The van der Waals surface area contributed by atoms with Gasteiger partial charge in [-0.2, -0.15) is 26.3 Å². The molecule has 0 radical (unpaired) electrons. The molecule has 0 aromatic heterocycles. The minimum atomic E-state index is -5.05. The number of rotatable bonds is 6. The quantitative estimate of drug-likeness (QED) is 0.351. The Hall–Kier alpha value is -2.86. The largest absolute Gasteiger partial charge is 0.416 e. The number of alkyl halides is 6. The van der Waals surface area contributed by atoms with Crippen LogP contribution in [0.15, 0.2) is 36.4 Å². The predicted molar refractivity (Wildman–Crippen MR) is 99.5 cm³/mol. The summed E-state index contributed by atoms with van der Waals surface area (Å²) in [6.45, 7) is -0.471. The molecule has 1 amide bonds. The molecule has 6 nitrogen and oxygen atoms in total. The molecule has 2 aromatic carbocycles. The average Bonchev–Trinajstić information content (AvgIpc) is 2.61. The van der Waals surface area contributed by atoms with E-state index in [2.05, 4.69) is 0 Å². The van der Waals surface area contributed by atoms with E-state index in [1.165, 1.54) is 30.1 Å². The maximum Gasteiger partial charge on any atom is 0.416 e. The van der Waals surface area contributed by atoms with E-state index < -0.39 is 46.5 Å². The van der Waals surface area contributed by atoms with Crippen molar-refractivity contribution in [3.8, 4) is 0 Å². The first kappa shape index (κ1) is 24.4. The third-order valence-corrected chi connectivity index (χ3v) is 4.33. The molecule has 31 heavy (non-hydrogen) atoms. The average molecular weight is 470 g/mol. The number of hydrogen-bond donors (Lipinski definition) is 1. The van der Waals surface area contributed by atoms with Crippen LogP contribution < -0.4 is 5.32 Å². The molecule has 0 unspecified atom stereocenters. The number of nitrogens with one attached hydrogen (secondary N) is 1. The smallest absolute Gasteiger partial charge is 0.325 e. The van der Waals surface area contributed by atoms with Crippen LogP contribution in [0.4, 0.5) is 37.7 Å². The number of carbonyl (C=O) groups excluding carboxylic acids is 1. The maximum atomic E-state index is 12.9. The highest BCUT2D eigenvalue weighted by Gasteiger charge is 2.37. The molecule has 0 atom stereocenters. The zero-order chi connectivity index (χ0) is 23.6. The predicted octanol–water partition coefficient (Wildman–Crippen LogP) is 5.36. The Morgan fingerprint density at radius 2 is 1.61 bits per heavy atom. The molecule has 2 aromatic rings. The molecule has 0 aliphatic rings. The number of halogens is 7. The molecule has 0 spiro atoms. The van der Waals surface area contributed by atoms with E-state index >= 15 is 0 Å². The summed E-state index contributed by atoms with van der Waals surface area (Å²) in [6, 6.07) is 4.41. The number of likely N-dealkylation sites (N-methyl/N-ethyl adjacent to an activating group) is 1. The van der Waals surface area contributed by atoms with Crippen LogP contribution in [-0.4, -0.2) is 29.3 Å². The van der Waals surface area contributed by atoms with Crippen LogP contribution in [-0.2, 0) is 23.7 Å². The van der Waals surface area contributed by atoms with E-state index in [9.17, 15) is 41.3 Å². The van der Waals surface area contributed by atoms with Crippen molar-refractivity contribution in [2.24, 2.45) is 0 Å². The number of benzene rings is 2. The van der Waals surface area contributed by atoms with E-state index in [1.807, 2.05) is 5.32 Å². The summed E-state index contributed by atoms with van der Waals surface area (Å²) in [7, 11) is 1.42. The van der Waals surface area contributed by atoms with Crippen molar-refractivity contribution in [3.63, 3.8) is 0 Å². The van der Waals surface area contributed by atoms with Gasteiger partial charge in [-0.25, -0.2) is 0 Å². The van der Waals surface area contributed by atoms with Gasteiger partial charge in [0.2, 0.25) is 5.91 Å². The van der Waals surface area contributed by atoms with E-state index in [1.54, 1.807) is 0 Å². The van der Waals surface area contributed by atoms with Gasteiger partial charge in [-0.15, -0.1) is 0 Å². The highest BCUT2D eigenvalue weighted by molar-refractivity contribution is 6.31. The van der Waals surface area contributed by atoms with Crippen LogP contribution in [0.25, 0.3) is 0 Å². The number of anilines is 1. The third kappa shape index (κ3) is 6.82. The zero-order valence-corrected chi connectivity index (χ0v) is 16.4. The summed E-state index contributed by atoms with van der Waals surface area (Å²) >= 11 is 5.97. The number of nitrogens with zero attached hydrogens (tertiary/aromatic N) is 2. The fourth-order valence-corrected chi connectivity index (χ4v) is 2.79. The van der Waals surface area contributed by atoms with Crippen molar-refractivity contribution >= 4 is 28.9 Å². The fourth-order valence-electron chi connectivity index (χ4n) is 2.62. The van der Waals surface area contributed by atoms with Gasteiger partial charge in [-0.3, -0.25) is 19.8 Å². The summed E-state index contributed by atoms with van der Waals surface area (Å²) in [6.07, 6.45) is -10.1. The second-order valence-electron chi connectivity index (χ2n) is 6.55. The highest BCUT2D eigenvalue weighted by Crippen LogP contribution is 2.37. The van der Waals surface area contributed by atoms with Crippen LogP contribution in [0.3, 0.4) is 0 Å². The number of non-ortho nitro benzene ring substituents is 1. The fraction of sp³-hybridized carbons (Fsp3) is 0.278. The van der Waals surface area contributed by atoms with Gasteiger partial charge in [0.15, 0.2) is 0 Å². The lowest BCUT2D eigenvalue weighted by Crippen LogP contribution is -2.30. The molecule has 1 N–H and O–H groups in total. The lowest BCUT2D eigenvalue weighted by Gasteiger charge is -2.18. The summed E-state index contributed by atoms with van der Waals surface area (Å²) < 4.78 is 77.4. The second-order valence-corrected chi connectivity index (χ2v) is 6.96. The van der Waals surface area contributed by atoms with Crippen molar-refractivity contribution in [3.05, 3.63) is 68.2 Å².